The summed E-state index contributed by atoms with van der Waals surface area (Å²) in [6.07, 6.45) is 0.430. The van der Waals surface area contributed by atoms with Gasteiger partial charge >= 0.3 is 0 Å². The molecule has 0 unspecified atom stereocenters. The topological polar surface area (TPSA) is 96.0 Å². The van der Waals surface area contributed by atoms with E-state index in [2.05, 4.69) is 5.32 Å². The van der Waals surface area contributed by atoms with E-state index in [1.165, 1.54) is 9.80 Å². The number of para-hydroxylation sites is 2. The van der Waals surface area contributed by atoms with Crippen LogP contribution in [0.4, 0.5) is 11.4 Å². The van der Waals surface area contributed by atoms with Crippen molar-refractivity contribution in [2.75, 3.05) is 30.4 Å². The van der Waals surface area contributed by atoms with Gasteiger partial charge in [0.1, 0.15) is 5.75 Å². The van der Waals surface area contributed by atoms with Crippen LogP contribution in [0.3, 0.4) is 0 Å². The molecule has 0 fully saturated rings. The average molecular weight is 638 g/mol. The molecular formula is C40H35N3O5. The highest BCUT2D eigenvalue weighted by Gasteiger charge is 2.34. The Morgan fingerprint density at radius 2 is 1.42 bits per heavy atom. The zero-order valence-electron chi connectivity index (χ0n) is 27.0. The van der Waals surface area contributed by atoms with Crippen LogP contribution < -0.4 is 15.0 Å². The van der Waals surface area contributed by atoms with Gasteiger partial charge in [-0.25, -0.2) is 0 Å². The zero-order chi connectivity index (χ0) is 33.8. The normalized spacial score (nSPS) is 12.1. The number of amides is 4. The molecule has 1 aliphatic rings. The van der Waals surface area contributed by atoms with Gasteiger partial charge in [-0.05, 0) is 85.5 Å². The maximum atomic E-state index is 13.6. The summed E-state index contributed by atoms with van der Waals surface area (Å²) in [4.78, 5) is 55.2. The van der Waals surface area contributed by atoms with E-state index in [0.717, 1.165) is 22.3 Å². The molecule has 240 valence electrons. The van der Waals surface area contributed by atoms with Gasteiger partial charge in [0.2, 0.25) is 0 Å². The summed E-state index contributed by atoms with van der Waals surface area (Å²) in [5, 5.41) is 3.03. The summed E-state index contributed by atoms with van der Waals surface area (Å²) in [5.74, 6) is -0.568. The van der Waals surface area contributed by atoms with Crippen LogP contribution in [0.1, 0.15) is 59.0 Å². The molecule has 4 amide bonds. The molecule has 5 aromatic rings. The van der Waals surface area contributed by atoms with Crippen molar-refractivity contribution in [3.63, 3.8) is 0 Å². The summed E-state index contributed by atoms with van der Waals surface area (Å²) in [5.41, 5.74) is 6.57. The molecule has 48 heavy (non-hydrogen) atoms. The fourth-order valence-electron chi connectivity index (χ4n) is 5.85. The lowest BCUT2D eigenvalue weighted by atomic mass is 9.97. The van der Waals surface area contributed by atoms with Gasteiger partial charge in [-0.15, -0.1) is 0 Å². The molecule has 8 nitrogen and oxygen atoms in total. The molecule has 0 saturated carbocycles. The van der Waals surface area contributed by atoms with Gasteiger partial charge in [-0.2, -0.15) is 0 Å². The maximum absolute atomic E-state index is 13.6. The molecule has 1 heterocycles. The molecule has 0 spiro atoms. The Bertz CT molecular complexity index is 2000. The fourth-order valence-corrected chi connectivity index (χ4v) is 5.85. The van der Waals surface area contributed by atoms with E-state index < -0.39 is 0 Å². The number of hydrogen-bond donors (Lipinski definition) is 1. The number of nitrogens with one attached hydrogen (secondary N) is 1. The summed E-state index contributed by atoms with van der Waals surface area (Å²) in [6.45, 7) is 4.27. The van der Waals surface area contributed by atoms with E-state index in [-0.39, 0.29) is 36.8 Å². The van der Waals surface area contributed by atoms with E-state index in [9.17, 15) is 19.2 Å². The molecule has 5 aromatic carbocycles. The van der Waals surface area contributed by atoms with Gasteiger partial charge < -0.3 is 15.0 Å². The molecule has 0 saturated heterocycles. The number of fused-ring (bicyclic) bond motifs is 1. The Balaban J connectivity index is 1.10. The number of aryl methyl sites for hydroxylation is 2. The quantitative estimate of drug-likeness (QED) is 0.126. The largest absolute Gasteiger partial charge is 0.491 e. The van der Waals surface area contributed by atoms with Crippen molar-refractivity contribution in [3.05, 3.63) is 149 Å². The highest BCUT2D eigenvalue weighted by molar-refractivity contribution is 6.21. The minimum Gasteiger partial charge on any atom is -0.491 e. The van der Waals surface area contributed by atoms with Gasteiger partial charge in [0.15, 0.2) is 0 Å². The monoisotopic (exact) mass is 637 g/mol. The second-order valence-corrected chi connectivity index (χ2v) is 11.7. The predicted octanol–water partition coefficient (Wildman–Crippen LogP) is 7.56. The number of anilines is 2. The standard InChI is InChI=1S/C40H35N3O5/c1-26-18-20-30(28-12-5-4-6-13-28)33(24-26)37(44)41-34-21-19-29(25-27(34)2)38(45)42(3)35-16-9-10-17-36(35)48-23-11-22-43-39(46)31-14-7-8-15-32(31)40(43)47/h4-10,12-21,24-25H,11,22-23H2,1-3H3,(H,41,44). The van der Waals surface area contributed by atoms with Crippen LogP contribution >= 0.6 is 0 Å². The number of carbonyl (C=O) groups excluding carboxylic acids is 4. The first-order valence-corrected chi connectivity index (χ1v) is 15.8. The van der Waals surface area contributed by atoms with Gasteiger partial charge in [-0.1, -0.05) is 72.3 Å². The first kappa shape index (κ1) is 31.9. The Hall–Kier alpha value is -6.02. The first-order valence-electron chi connectivity index (χ1n) is 15.8. The van der Waals surface area contributed by atoms with Crippen molar-refractivity contribution in [3.8, 4) is 16.9 Å². The Labute approximate surface area is 279 Å². The molecular weight excluding hydrogens is 602 g/mol. The highest BCUT2D eigenvalue weighted by atomic mass is 16.5. The van der Waals surface area contributed by atoms with Gasteiger partial charge in [0, 0.05) is 30.4 Å². The Morgan fingerprint density at radius 1 is 0.750 bits per heavy atom. The lowest BCUT2D eigenvalue weighted by Gasteiger charge is -2.22. The molecule has 0 radical (unpaired) electrons. The van der Waals surface area contributed by atoms with Crippen LogP contribution in [0.25, 0.3) is 11.1 Å². The molecule has 8 heteroatoms. The van der Waals surface area contributed by atoms with Crippen LogP contribution in [-0.4, -0.2) is 48.7 Å². The minimum absolute atomic E-state index is 0.225. The van der Waals surface area contributed by atoms with Gasteiger partial charge in [-0.3, -0.25) is 24.1 Å². The van der Waals surface area contributed by atoms with Crippen LogP contribution in [0.15, 0.2) is 115 Å². The second-order valence-electron chi connectivity index (χ2n) is 11.7. The zero-order valence-corrected chi connectivity index (χ0v) is 27.0. The number of ether oxygens (including phenoxy) is 1. The van der Waals surface area contributed by atoms with E-state index in [1.807, 2.05) is 74.5 Å². The SMILES string of the molecule is Cc1ccc(-c2ccccc2)c(C(=O)Nc2ccc(C(=O)N(C)c3ccccc3OCCCN3C(=O)c4ccccc4C3=O)cc2C)c1. The lowest BCUT2D eigenvalue weighted by Crippen LogP contribution is -2.31. The van der Waals surface area contributed by atoms with Crippen molar-refractivity contribution < 1.29 is 23.9 Å². The smallest absolute Gasteiger partial charge is 0.261 e. The van der Waals surface area contributed by atoms with Crippen LogP contribution in [0.5, 0.6) is 5.75 Å². The predicted molar refractivity (Wildman–Crippen MR) is 187 cm³/mol. The van der Waals surface area contributed by atoms with Crippen molar-refractivity contribution in [2.24, 2.45) is 0 Å². The number of imide groups is 1. The average Bonchev–Trinajstić information content (AvgIpc) is 3.35. The summed E-state index contributed by atoms with van der Waals surface area (Å²) in [7, 11) is 1.68. The molecule has 0 aliphatic carbocycles. The number of benzene rings is 5. The van der Waals surface area contributed by atoms with E-state index in [0.29, 0.717) is 45.8 Å². The minimum atomic E-state index is -0.297. The molecule has 0 aromatic heterocycles. The summed E-state index contributed by atoms with van der Waals surface area (Å²) in [6, 6.07) is 34.8. The van der Waals surface area contributed by atoms with Gasteiger partial charge in [0.05, 0.1) is 23.4 Å². The molecule has 1 N–H and O–H groups in total. The number of rotatable bonds is 10. The Kier molecular flexibility index (Phi) is 9.16. The van der Waals surface area contributed by atoms with Crippen molar-refractivity contribution in [1.29, 1.82) is 0 Å². The third-order valence-corrected chi connectivity index (χ3v) is 8.42. The van der Waals surface area contributed by atoms with Crippen molar-refractivity contribution in [1.82, 2.24) is 4.90 Å². The Morgan fingerprint density at radius 3 is 2.12 bits per heavy atom. The third kappa shape index (κ3) is 6.46. The maximum Gasteiger partial charge on any atom is 0.261 e. The first-order chi connectivity index (χ1) is 23.2. The number of nitrogens with zero attached hydrogens (tertiary/aromatic N) is 2. The summed E-state index contributed by atoms with van der Waals surface area (Å²) < 4.78 is 6.04. The van der Waals surface area contributed by atoms with E-state index in [1.54, 1.807) is 61.6 Å². The molecule has 1 aliphatic heterocycles. The van der Waals surface area contributed by atoms with E-state index in [4.69, 9.17) is 4.74 Å². The molecule has 0 bridgehead atoms. The van der Waals surface area contributed by atoms with Crippen molar-refractivity contribution in [2.45, 2.75) is 20.3 Å². The second kappa shape index (κ2) is 13.8. The van der Waals surface area contributed by atoms with Crippen LogP contribution in [0.2, 0.25) is 0 Å². The van der Waals surface area contributed by atoms with Crippen LogP contribution in [-0.2, 0) is 0 Å². The van der Waals surface area contributed by atoms with E-state index >= 15 is 0 Å². The number of hydrogen-bond acceptors (Lipinski definition) is 5. The molecule has 6 rings (SSSR count). The summed E-state index contributed by atoms with van der Waals surface area (Å²) >= 11 is 0. The molecule has 0 atom stereocenters. The van der Waals surface area contributed by atoms with Gasteiger partial charge in [0.25, 0.3) is 23.6 Å². The number of carbonyl (C=O) groups is 4. The van der Waals surface area contributed by atoms with Crippen molar-refractivity contribution >= 4 is 35.0 Å². The van der Waals surface area contributed by atoms with Crippen LogP contribution in [0, 0.1) is 13.8 Å². The third-order valence-electron chi connectivity index (χ3n) is 8.42. The highest BCUT2D eigenvalue weighted by Crippen LogP contribution is 2.30. The fraction of sp³-hybridized carbons (Fsp3) is 0.150. The lowest BCUT2D eigenvalue weighted by molar-refractivity contribution is 0.0646.